The van der Waals surface area contributed by atoms with Gasteiger partial charge in [-0.25, -0.2) is 21.6 Å². The molecular formula is C22H24F3N3O5S3. The van der Waals surface area contributed by atoms with Gasteiger partial charge in [-0.2, -0.15) is 13.2 Å². The molecule has 196 valence electrons. The summed E-state index contributed by atoms with van der Waals surface area (Å²) in [4.78, 5) is 12.3. The molecule has 2 aromatic rings. The number of sulfone groups is 1. The molecule has 0 aliphatic carbocycles. The van der Waals surface area contributed by atoms with Gasteiger partial charge in [0.05, 0.1) is 26.3 Å². The number of nitrogens with zero attached hydrogens (tertiary/aromatic N) is 1. The Hall–Kier alpha value is -2.13. The molecule has 8 nitrogen and oxygen atoms in total. The van der Waals surface area contributed by atoms with Crippen LogP contribution in [0.1, 0.15) is 18.4 Å². The molecule has 0 unspecified atom stereocenters. The number of carbonyl (C=O) groups is 1. The standard InChI is InChI=1S/C22H24F3N3O5S3/c23-22(24,25)18-7-6-17(35(30,31)16-4-2-1-3-5-16)12-20(18)36(32,33)27-15-8-10-28(11-9-15)21(29)19-13-34-14-26-19/h1-7,12,15,19,26-27H,8-11,13-14H2/t19-/m0/s1. The Morgan fingerprint density at radius 3 is 2.25 bits per heavy atom. The number of likely N-dealkylation sites (tertiary alicyclic amines) is 1. The summed E-state index contributed by atoms with van der Waals surface area (Å²) < 4.78 is 95.5. The highest BCUT2D eigenvalue weighted by Gasteiger charge is 2.39. The number of halogens is 3. The van der Waals surface area contributed by atoms with Crippen LogP contribution in [0, 0.1) is 0 Å². The third-order valence-electron chi connectivity index (χ3n) is 6.05. The molecule has 0 spiro atoms. The maximum atomic E-state index is 13.7. The second-order valence-electron chi connectivity index (χ2n) is 8.46. The van der Waals surface area contributed by atoms with Crippen molar-refractivity contribution >= 4 is 37.5 Å². The summed E-state index contributed by atoms with van der Waals surface area (Å²) in [6.45, 7) is 0.507. The average Bonchev–Trinajstić information content (AvgIpc) is 3.38. The number of hydrogen-bond acceptors (Lipinski definition) is 7. The van der Waals surface area contributed by atoms with Crippen molar-refractivity contribution in [2.24, 2.45) is 0 Å². The Morgan fingerprint density at radius 2 is 1.67 bits per heavy atom. The molecule has 0 radical (unpaired) electrons. The number of nitrogens with one attached hydrogen (secondary N) is 2. The van der Waals surface area contributed by atoms with Gasteiger partial charge in [-0.1, -0.05) is 18.2 Å². The molecule has 2 fully saturated rings. The number of amides is 1. The van der Waals surface area contributed by atoms with Crippen molar-refractivity contribution in [1.82, 2.24) is 14.9 Å². The SMILES string of the molecule is O=C([C@@H]1CSCN1)N1CCC(NS(=O)(=O)c2cc(S(=O)(=O)c3ccccc3)ccc2C(F)(F)F)CC1. The predicted molar refractivity (Wildman–Crippen MR) is 128 cm³/mol. The molecule has 2 saturated heterocycles. The van der Waals surface area contributed by atoms with E-state index in [1.54, 1.807) is 22.7 Å². The number of carbonyl (C=O) groups excluding carboxylic acids is 1. The predicted octanol–water partition coefficient (Wildman–Crippen LogP) is 2.47. The van der Waals surface area contributed by atoms with Gasteiger partial charge in [-0.05, 0) is 43.2 Å². The fourth-order valence-corrected chi connectivity index (χ4v) is 8.01. The van der Waals surface area contributed by atoms with Crippen LogP contribution in [-0.4, -0.2) is 64.4 Å². The second-order valence-corrected chi connectivity index (χ2v) is 13.1. The Labute approximate surface area is 211 Å². The minimum atomic E-state index is -5.03. The van der Waals surface area contributed by atoms with E-state index in [2.05, 4.69) is 10.0 Å². The van der Waals surface area contributed by atoms with E-state index in [4.69, 9.17) is 0 Å². The Morgan fingerprint density at radius 1 is 1.00 bits per heavy atom. The Balaban J connectivity index is 1.57. The third-order valence-corrected chi connectivity index (χ3v) is 10.3. The molecule has 2 aliphatic rings. The summed E-state index contributed by atoms with van der Waals surface area (Å²) >= 11 is 1.60. The number of benzene rings is 2. The number of rotatable bonds is 6. The minimum Gasteiger partial charge on any atom is -0.341 e. The lowest BCUT2D eigenvalue weighted by atomic mass is 10.1. The van der Waals surface area contributed by atoms with Crippen LogP contribution in [-0.2, 0) is 30.8 Å². The van der Waals surface area contributed by atoms with Gasteiger partial charge in [0, 0.05) is 30.8 Å². The Bertz CT molecular complexity index is 1320. The van der Waals surface area contributed by atoms with E-state index >= 15 is 0 Å². The van der Waals surface area contributed by atoms with Crippen LogP contribution in [0.4, 0.5) is 13.2 Å². The smallest absolute Gasteiger partial charge is 0.341 e. The van der Waals surface area contributed by atoms with Crippen molar-refractivity contribution < 1.29 is 34.8 Å². The molecule has 1 atom stereocenters. The largest absolute Gasteiger partial charge is 0.417 e. The van der Waals surface area contributed by atoms with E-state index in [-0.39, 0.29) is 42.8 Å². The van der Waals surface area contributed by atoms with Crippen molar-refractivity contribution in [2.75, 3.05) is 24.7 Å². The summed E-state index contributed by atoms with van der Waals surface area (Å²) in [5, 5.41) is 3.08. The van der Waals surface area contributed by atoms with E-state index in [1.165, 1.54) is 24.3 Å². The van der Waals surface area contributed by atoms with Crippen LogP contribution < -0.4 is 10.0 Å². The molecule has 0 bridgehead atoms. The lowest BCUT2D eigenvalue weighted by molar-refractivity contribution is -0.140. The zero-order valence-corrected chi connectivity index (χ0v) is 21.3. The Kier molecular flexibility index (Phi) is 7.72. The molecule has 4 rings (SSSR count). The molecule has 0 saturated carbocycles. The molecule has 2 aromatic carbocycles. The zero-order chi connectivity index (χ0) is 26.1. The van der Waals surface area contributed by atoms with Crippen LogP contribution in [0.5, 0.6) is 0 Å². The van der Waals surface area contributed by atoms with Crippen molar-refractivity contribution in [2.45, 2.75) is 45.8 Å². The van der Waals surface area contributed by atoms with Gasteiger partial charge in [0.1, 0.15) is 0 Å². The van der Waals surface area contributed by atoms with Crippen LogP contribution in [0.2, 0.25) is 0 Å². The summed E-state index contributed by atoms with van der Waals surface area (Å²) in [5.41, 5.74) is -1.46. The quantitative estimate of drug-likeness (QED) is 0.555. The van der Waals surface area contributed by atoms with Gasteiger partial charge in [0.25, 0.3) is 0 Å². The monoisotopic (exact) mass is 563 g/mol. The third kappa shape index (κ3) is 5.72. The van der Waals surface area contributed by atoms with Gasteiger partial charge < -0.3 is 4.90 Å². The fourth-order valence-electron chi connectivity index (χ4n) is 4.14. The van der Waals surface area contributed by atoms with E-state index in [0.717, 1.165) is 6.07 Å². The van der Waals surface area contributed by atoms with Crippen molar-refractivity contribution in [1.29, 1.82) is 0 Å². The number of thioether (sulfide) groups is 1. The van der Waals surface area contributed by atoms with Crippen LogP contribution >= 0.6 is 11.8 Å². The average molecular weight is 564 g/mol. The molecule has 2 heterocycles. The minimum absolute atomic E-state index is 0.0838. The number of hydrogen-bond donors (Lipinski definition) is 2. The van der Waals surface area contributed by atoms with Gasteiger partial charge in [-0.3, -0.25) is 10.1 Å². The maximum Gasteiger partial charge on any atom is 0.417 e. The van der Waals surface area contributed by atoms with E-state index < -0.39 is 47.4 Å². The first-order valence-corrected chi connectivity index (χ1v) is 15.2. The summed E-state index contributed by atoms with van der Waals surface area (Å²) in [6.07, 6.45) is -4.59. The lowest BCUT2D eigenvalue weighted by Crippen LogP contribution is -2.51. The highest BCUT2D eigenvalue weighted by Crippen LogP contribution is 2.36. The van der Waals surface area contributed by atoms with Crippen LogP contribution in [0.15, 0.2) is 63.2 Å². The highest BCUT2D eigenvalue weighted by molar-refractivity contribution is 7.99. The molecule has 2 aliphatic heterocycles. The van der Waals surface area contributed by atoms with Gasteiger partial charge in [-0.15, -0.1) is 11.8 Å². The lowest BCUT2D eigenvalue weighted by Gasteiger charge is -2.33. The normalized spacial score (nSPS) is 20.0. The zero-order valence-electron chi connectivity index (χ0n) is 18.9. The number of sulfonamides is 1. The molecule has 1 amide bonds. The van der Waals surface area contributed by atoms with E-state index in [1.807, 2.05) is 0 Å². The van der Waals surface area contributed by atoms with Crippen molar-refractivity contribution in [3.05, 3.63) is 54.1 Å². The molecular weight excluding hydrogens is 539 g/mol. The molecule has 2 N–H and O–H groups in total. The van der Waals surface area contributed by atoms with Gasteiger partial charge in [0.15, 0.2) is 0 Å². The first-order chi connectivity index (χ1) is 16.9. The van der Waals surface area contributed by atoms with Crippen LogP contribution in [0.25, 0.3) is 0 Å². The van der Waals surface area contributed by atoms with Gasteiger partial charge >= 0.3 is 6.18 Å². The summed E-state index contributed by atoms with van der Waals surface area (Å²) in [5.74, 6) is 1.24. The highest BCUT2D eigenvalue weighted by atomic mass is 32.2. The number of piperidine rings is 1. The van der Waals surface area contributed by atoms with Gasteiger partial charge in [0.2, 0.25) is 25.8 Å². The molecule has 0 aromatic heterocycles. The van der Waals surface area contributed by atoms with E-state index in [0.29, 0.717) is 23.8 Å². The first-order valence-electron chi connectivity index (χ1n) is 11.0. The molecule has 36 heavy (non-hydrogen) atoms. The maximum absolute atomic E-state index is 13.7. The van der Waals surface area contributed by atoms with Crippen molar-refractivity contribution in [3.8, 4) is 0 Å². The first kappa shape index (κ1) is 26.9. The van der Waals surface area contributed by atoms with E-state index in [9.17, 15) is 34.8 Å². The fraction of sp³-hybridized carbons (Fsp3) is 0.409. The van der Waals surface area contributed by atoms with Crippen LogP contribution in [0.3, 0.4) is 0 Å². The van der Waals surface area contributed by atoms with Crippen molar-refractivity contribution in [3.63, 3.8) is 0 Å². The summed E-state index contributed by atoms with van der Waals surface area (Å²) in [7, 11) is -9.00. The second kappa shape index (κ2) is 10.3. The topological polar surface area (TPSA) is 113 Å². The molecule has 14 heteroatoms. The number of alkyl halides is 3. The summed E-state index contributed by atoms with van der Waals surface area (Å²) in [6, 6.07) is 7.80.